The Morgan fingerprint density at radius 1 is 1.33 bits per heavy atom. The lowest BCUT2D eigenvalue weighted by Crippen LogP contribution is -2.21. The smallest absolute Gasteiger partial charge is 0.300 e. The number of carbonyl (C=O) groups is 1. The van der Waals surface area contributed by atoms with Crippen LogP contribution in [0.15, 0.2) is 41.5 Å². The first-order chi connectivity index (χ1) is 10.1. The molecule has 8 heteroatoms. The van der Waals surface area contributed by atoms with Crippen molar-refractivity contribution in [1.29, 1.82) is 0 Å². The van der Waals surface area contributed by atoms with Crippen LogP contribution in [0.1, 0.15) is 5.56 Å². The van der Waals surface area contributed by atoms with Crippen molar-refractivity contribution in [2.75, 3.05) is 5.32 Å². The number of nitrogens with one attached hydrogen (secondary N) is 2. The van der Waals surface area contributed by atoms with Gasteiger partial charge in [0.15, 0.2) is 11.2 Å². The minimum Gasteiger partial charge on any atom is -0.339 e. The molecule has 3 rings (SSSR count). The predicted molar refractivity (Wildman–Crippen MR) is 81.2 cm³/mol. The van der Waals surface area contributed by atoms with Gasteiger partial charge in [0.1, 0.15) is 0 Å². The van der Waals surface area contributed by atoms with Gasteiger partial charge < -0.3 is 4.98 Å². The van der Waals surface area contributed by atoms with Gasteiger partial charge in [-0.2, -0.15) is 4.98 Å². The summed E-state index contributed by atoms with van der Waals surface area (Å²) in [6.07, 6.45) is 1.59. The van der Waals surface area contributed by atoms with Gasteiger partial charge in [-0.1, -0.05) is 30.3 Å². The highest BCUT2D eigenvalue weighted by Gasteiger charge is 2.13. The molecule has 21 heavy (non-hydrogen) atoms. The number of nitrogens with zero attached hydrogens (tertiary/aromatic N) is 3. The SMILES string of the molecule is O=C(Cc1ccccc1)Nc1nc(=O)c2[nH]cnc2n1Br. The molecular formula is C13H10BrN5O2. The lowest BCUT2D eigenvalue weighted by molar-refractivity contribution is -0.115. The van der Waals surface area contributed by atoms with Crippen molar-refractivity contribution < 1.29 is 4.79 Å². The van der Waals surface area contributed by atoms with Gasteiger partial charge in [0.25, 0.3) is 0 Å². The molecule has 7 nitrogen and oxygen atoms in total. The van der Waals surface area contributed by atoms with Gasteiger partial charge in [-0.25, -0.2) is 8.58 Å². The Morgan fingerprint density at radius 2 is 2.10 bits per heavy atom. The van der Waals surface area contributed by atoms with Gasteiger partial charge in [0.2, 0.25) is 11.9 Å². The van der Waals surface area contributed by atoms with Gasteiger partial charge >= 0.3 is 5.56 Å². The van der Waals surface area contributed by atoms with E-state index >= 15 is 0 Å². The fraction of sp³-hybridized carbons (Fsp3) is 0.0769. The second kappa shape index (κ2) is 5.49. The Hall–Kier alpha value is -2.48. The summed E-state index contributed by atoms with van der Waals surface area (Å²) in [5.41, 5.74) is 1.03. The van der Waals surface area contributed by atoms with Crippen LogP contribution in [0.5, 0.6) is 0 Å². The third-order valence-corrected chi connectivity index (χ3v) is 3.54. The maximum Gasteiger partial charge on any atom is 0.300 e. The fourth-order valence-electron chi connectivity index (χ4n) is 1.92. The van der Waals surface area contributed by atoms with E-state index in [4.69, 9.17) is 0 Å². The molecule has 0 radical (unpaired) electrons. The van der Waals surface area contributed by atoms with Gasteiger partial charge in [0.05, 0.1) is 28.9 Å². The number of benzene rings is 1. The molecule has 2 heterocycles. The number of imidazole rings is 1. The van der Waals surface area contributed by atoms with Crippen LogP contribution >= 0.6 is 16.1 Å². The second-order valence-electron chi connectivity index (χ2n) is 4.33. The monoisotopic (exact) mass is 347 g/mol. The summed E-state index contributed by atoms with van der Waals surface area (Å²) in [6.45, 7) is 0. The number of aromatic amines is 1. The number of H-pyrrole nitrogens is 1. The average molecular weight is 348 g/mol. The molecular weight excluding hydrogens is 338 g/mol. The summed E-state index contributed by atoms with van der Waals surface area (Å²) in [6, 6.07) is 9.30. The largest absolute Gasteiger partial charge is 0.339 e. The summed E-state index contributed by atoms with van der Waals surface area (Å²) in [5, 5.41) is 2.59. The molecule has 0 unspecified atom stereocenters. The third kappa shape index (κ3) is 2.70. The van der Waals surface area contributed by atoms with E-state index < -0.39 is 5.56 Å². The fourth-order valence-corrected chi connectivity index (χ4v) is 2.35. The molecule has 2 aromatic heterocycles. The summed E-state index contributed by atoms with van der Waals surface area (Å²) >= 11 is 3.23. The zero-order valence-corrected chi connectivity index (χ0v) is 12.3. The Bertz CT molecular complexity index is 856. The molecule has 0 atom stereocenters. The number of halogens is 1. The zero-order valence-electron chi connectivity index (χ0n) is 10.7. The van der Waals surface area contributed by atoms with Crippen LogP contribution in [-0.2, 0) is 11.2 Å². The number of anilines is 1. The van der Waals surface area contributed by atoms with Gasteiger partial charge in [-0.3, -0.25) is 14.9 Å². The molecule has 1 aromatic carbocycles. The van der Waals surface area contributed by atoms with Crippen LogP contribution in [0.2, 0.25) is 0 Å². The van der Waals surface area contributed by atoms with Crippen LogP contribution in [0.4, 0.5) is 5.95 Å². The van der Waals surface area contributed by atoms with Crippen LogP contribution in [0.3, 0.4) is 0 Å². The van der Waals surface area contributed by atoms with E-state index in [1.54, 1.807) is 0 Å². The standard InChI is InChI=1S/C13H10BrN5O2/c14-19-11-10(15-7-16-11)12(21)18-13(19)17-9(20)6-8-4-2-1-3-5-8/h1-5,7H,6H2,(H,15,16)(H,17,18,20,21). The molecule has 0 bridgehead atoms. The minimum atomic E-state index is -0.479. The highest BCUT2D eigenvalue weighted by Crippen LogP contribution is 2.14. The number of hydrogen-bond donors (Lipinski definition) is 2. The molecule has 0 fully saturated rings. The van der Waals surface area contributed by atoms with E-state index in [0.717, 1.165) is 5.56 Å². The number of hydrogen-bond acceptors (Lipinski definition) is 4. The third-order valence-electron chi connectivity index (χ3n) is 2.87. The second-order valence-corrected chi connectivity index (χ2v) is 5.04. The molecule has 3 aromatic rings. The normalized spacial score (nSPS) is 10.7. The molecule has 0 saturated heterocycles. The number of fused-ring (bicyclic) bond motifs is 1. The quantitative estimate of drug-likeness (QED) is 0.750. The van der Waals surface area contributed by atoms with Crippen LogP contribution in [0, 0.1) is 0 Å². The molecule has 0 saturated carbocycles. The van der Waals surface area contributed by atoms with Crippen LogP contribution < -0.4 is 10.9 Å². The predicted octanol–water partition coefficient (Wildman–Crippen LogP) is 1.46. The van der Waals surface area contributed by atoms with Crippen molar-refractivity contribution in [2.24, 2.45) is 0 Å². The molecule has 0 aliphatic heterocycles. The average Bonchev–Trinajstić information content (AvgIpc) is 2.95. The number of carbonyl (C=O) groups excluding carboxylic acids is 1. The lowest BCUT2D eigenvalue weighted by atomic mass is 10.1. The van der Waals surface area contributed by atoms with Gasteiger partial charge in [-0.05, 0) is 5.56 Å². The maximum absolute atomic E-state index is 12.0. The van der Waals surface area contributed by atoms with Crippen molar-refractivity contribution >= 4 is 39.2 Å². The Morgan fingerprint density at radius 3 is 2.86 bits per heavy atom. The van der Waals surface area contributed by atoms with Crippen LogP contribution in [-0.4, -0.2) is 24.5 Å². The lowest BCUT2D eigenvalue weighted by Gasteiger charge is -2.07. The van der Waals surface area contributed by atoms with Gasteiger partial charge in [0, 0.05) is 0 Å². The molecule has 0 spiro atoms. The summed E-state index contributed by atoms with van der Waals surface area (Å²) in [5.74, 6) is -0.170. The maximum atomic E-state index is 12.0. The van der Waals surface area contributed by atoms with Gasteiger partial charge in [-0.15, -0.1) is 0 Å². The molecule has 106 valence electrons. The van der Waals surface area contributed by atoms with E-state index in [1.807, 2.05) is 30.3 Å². The zero-order chi connectivity index (χ0) is 14.8. The van der Waals surface area contributed by atoms with Crippen molar-refractivity contribution in [3.8, 4) is 0 Å². The Labute approximate surface area is 127 Å². The highest BCUT2D eigenvalue weighted by molar-refractivity contribution is 9.08. The molecule has 0 aliphatic carbocycles. The first kappa shape index (κ1) is 13.5. The first-order valence-electron chi connectivity index (χ1n) is 6.11. The van der Waals surface area contributed by atoms with E-state index in [0.29, 0.717) is 5.65 Å². The first-order valence-corrected chi connectivity index (χ1v) is 6.82. The van der Waals surface area contributed by atoms with E-state index in [-0.39, 0.29) is 23.8 Å². The Kier molecular flexibility index (Phi) is 3.53. The summed E-state index contributed by atoms with van der Waals surface area (Å²) in [4.78, 5) is 34.3. The van der Waals surface area contributed by atoms with E-state index in [1.165, 1.54) is 9.92 Å². The molecule has 1 amide bonds. The number of amides is 1. The topological polar surface area (TPSA) is 92.7 Å². The van der Waals surface area contributed by atoms with Crippen molar-refractivity contribution in [3.63, 3.8) is 0 Å². The summed E-state index contributed by atoms with van der Waals surface area (Å²) in [7, 11) is 0. The van der Waals surface area contributed by atoms with E-state index in [9.17, 15) is 9.59 Å². The Balaban J connectivity index is 1.86. The number of rotatable bonds is 3. The van der Waals surface area contributed by atoms with Crippen molar-refractivity contribution in [2.45, 2.75) is 6.42 Å². The highest BCUT2D eigenvalue weighted by atomic mass is 79.9. The molecule has 2 N–H and O–H groups in total. The number of aromatic nitrogens is 4. The summed E-state index contributed by atoms with van der Waals surface area (Å²) < 4.78 is 1.38. The van der Waals surface area contributed by atoms with Crippen molar-refractivity contribution in [3.05, 3.63) is 52.6 Å². The van der Waals surface area contributed by atoms with Crippen LogP contribution in [0.25, 0.3) is 11.2 Å². The molecule has 0 aliphatic rings. The minimum absolute atomic E-state index is 0.0977. The van der Waals surface area contributed by atoms with E-state index in [2.05, 4.69) is 36.4 Å². The van der Waals surface area contributed by atoms with Crippen molar-refractivity contribution in [1.82, 2.24) is 18.5 Å².